The molecule has 1 amide bonds. The number of piperidine rings is 1. The fourth-order valence-electron chi connectivity index (χ4n) is 2.47. The summed E-state index contributed by atoms with van der Waals surface area (Å²) in [6.45, 7) is 4.40. The van der Waals surface area contributed by atoms with Crippen LogP contribution in [-0.4, -0.2) is 30.5 Å². The van der Waals surface area contributed by atoms with Crippen molar-refractivity contribution in [3.8, 4) is 0 Å². The van der Waals surface area contributed by atoms with Gasteiger partial charge in [0.15, 0.2) is 0 Å². The van der Waals surface area contributed by atoms with Crippen molar-refractivity contribution in [2.45, 2.75) is 19.8 Å². The Morgan fingerprint density at radius 2 is 2.17 bits per heavy atom. The summed E-state index contributed by atoms with van der Waals surface area (Å²) in [4.78, 5) is 18.0. The van der Waals surface area contributed by atoms with Crippen molar-refractivity contribution < 1.29 is 4.79 Å². The number of carbonyl (C=O) groups is 1. The summed E-state index contributed by atoms with van der Waals surface area (Å²) in [6, 6.07) is 1.82. The molecule has 0 unspecified atom stereocenters. The predicted molar refractivity (Wildman–Crippen MR) is 71.5 cm³/mol. The average molecular weight is 248 g/mol. The number of pyridine rings is 1. The SMILES string of the molecule is Cc1ccnc(N2CCC(CN)CC2)c1C(N)=O. The Bertz CT molecular complexity index is 439. The van der Waals surface area contributed by atoms with Crippen LogP contribution < -0.4 is 16.4 Å². The minimum absolute atomic E-state index is 0.406. The number of amides is 1. The molecule has 4 N–H and O–H groups in total. The van der Waals surface area contributed by atoms with E-state index in [1.54, 1.807) is 6.20 Å². The first-order chi connectivity index (χ1) is 8.63. The van der Waals surface area contributed by atoms with E-state index in [0.29, 0.717) is 11.5 Å². The quantitative estimate of drug-likeness (QED) is 0.823. The topological polar surface area (TPSA) is 85.2 Å². The summed E-state index contributed by atoms with van der Waals surface area (Å²) in [5.74, 6) is 0.901. The summed E-state index contributed by atoms with van der Waals surface area (Å²) < 4.78 is 0. The highest BCUT2D eigenvalue weighted by Crippen LogP contribution is 2.25. The first-order valence-electron chi connectivity index (χ1n) is 6.34. The van der Waals surface area contributed by atoms with E-state index >= 15 is 0 Å². The lowest BCUT2D eigenvalue weighted by molar-refractivity contribution is 0.1000. The number of nitrogens with zero attached hydrogens (tertiary/aromatic N) is 2. The lowest BCUT2D eigenvalue weighted by Crippen LogP contribution is -2.38. The molecule has 18 heavy (non-hydrogen) atoms. The number of hydrogen-bond acceptors (Lipinski definition) is 4. The monoisotopic (exact) mass is 248 g/mol. The van der Waals surface area contributed by atoms with Crippen LogP contribution in [0.15, 0.2) is 12.3 Å². The van der Waals surface area contributed by atoms with E-state index in [9.17, 15) is 4.79 Å². The van der Waals surface area contributed by atoms with Crippen molar-refractivity contribution >= 4 is 11.7 Å². The number of carbonyl (C=O) groups excluding carboxylic acids is 1. The summed E-state index contributed by atoms with van der Waals surface area (Å²) >= 11 is 0. The van der Waals surface area contributed by atoms with E-state index in [4.69, 9.17) is 11.5 Å². The number of nitrogens with two attached hydrogens (primary N) is 2. The second kappa shape index (κ2) is 5.35. The molecule has 0 spiro atoms. The molecular weight excluding hydrogens is 228 g/mol. The number of anilines is 1. The van der Waals surface area contributed by atoms with Gasteiger partial charge in [-0.3, -0.25) is 4.79 Å². The Morgan fingerprint density at radius 3 is 2.72 bits per heavy atom. The predicted octanol–water partition coefficient (Wildman–Crippen LogP) is 0.664. The molecular formula is C13H20N4O. The van der Waals surface area contributed by atoms with Crippen LogP contribution in [0.4, 0.5) is 5.82 Å². The third-order valence-corrected chi connectivity index (χ3v) is 3.63. The molecule has 98 valence electrons. The number of aromatic nitrogens is 1. The molecule has 1 fully saturated rings. The van der Waals surface area contributed by atoms with Gasteiger partial charge in [-0.05, 0) is 43.9 Å². The van der Waals surface area contributed by atoms with Gasteiger partial charge in [0.1, 0.15) is 5.82 Å². The molecule has 1 aromatic heterocycles. The van der Waals surface area contributed by atoms with E-state index in [2.05, 4.69) is 9.88 Å². The number of primary amides is 1. The third kappa shape index (κ3) is 2.46. The summed E-state index contributed by atoms with van der Waals surface area (Å²) in [7, 11) is 0. The molecule has 1 saturated heterocycles. The van der Waals surface area contributed by atoms with E-state index in [-0.39, 0.29) is 0 Å². The number of aryl methyl sites for hydroxylation is 1. The second-order valence-corrected chi connectivity index (χ2v) is 4.86. The molecule has 5 nitrogen and oxygen atoms in total. The summed E-state index contributed by atoms with van der Waals surface area (Å²) in [6.07, 6.45) is 3.82. The summed E-state index contributed by atoms with van der Waals surface area (Å²) in [5.41, 5.74) is 12.6. The van der Waals surface area contributed by atoms with Crippen LogP contribution in [0.3, 0.4) is 0 Å². The smallest absolute Gasteiger partial charge is 0.252 e. The van der Waals surface area contributed by atoms with Crippen molar-refractivity contribution in [2.24, 2.45) is 17.4 Å². The zero-order chi connectivity index (χ0) is 13.1. The lowest BCUT2D eigenvalue weighted by atomic mass is 9.96. The summed E-state index contributed by atoms with van der Waals surface area (Å²) in [5, 5.41) is 0. The highest BCUT2D eigenvalue weighted by molar-refractivity contribution is 5.99. The van der Waals surface area contributed by atoms with Crippen LogP contribution >= 0.6 is 0 Å². The molecule has 0 aliphatic carbocycles. The van der Waals surface area contributed by atoms with Crippen molar-refractivity contribution in [2.75, 3.05) is 24.5 Å². The third-order valence-electron chi connectivity index (χ3n) is 3.63. The van der Waals surface area contributed by atoms with Crippen molar-refractivity contribution in [1.82, 2.24) is 4.98 Å². The van der Waals surface area contributed by atoms with Gasteiger partial charge in [-0.25, -0.2) is 4.98 Å². The molecule has 5 heteroatoms. The van der Waals surface area contributed by atoms with E-state index < -0.39 is 5.91 Å². The van der Waals surface area contributed by atoms with Crippen LogP contribution in [0.5, 0.6) is 0 Å². The van der Waals surface area contributed by atoms with Gasteiger partial charge in [-0.15, -0.1) is 0 Å². The Balaban J connectivity index is 2.24. The second-order valence-electron chi connectivity index (χ2n) is 4.86. The standard InChI is InChI=1S/C13H20N4O/c1-9-2-5-16-13(11(9)12(15)18)17-6-3-10(8-14)4-7-17/h2,5,10H,3-4,6-8,14H2,1H3,(H2,15,18). The Hall–Kier alpha value is -1.62. The van der Waals surface area contributed by atoms with Crippen LogP contribution in [-0.2, 0) is 0 Å². The average Bonchev–Trinajstić information content (AvgIpc) is 2.38. The number of hydrogen-bond donors (Lipinski definition) is 2. The largest absolute Gasteiger partial charge is 0.365 e. The normalized spacial score (nSPS) is 16.9. The molecule has 0 radical (unpaired) electrons. The minimum atomic E-state index is -0.406. The van der Waals surface area contributed by atoms with E-state index in [1.165, 1.54) is 0 Å². The molecule has 0 bridgehead atoms. The van der Waals surface area contributed by atoms with Crippen LogP contribution in [0.2, 0.25) is 0 Å². The van der Waals surface area contributed by atoms with Gasteiger partial charge in [0.2, 0.25) is 0 Å². The molecule has 0 aromatic carbocycles. The van der Waals surface area contributed by atoms with Gasteiger partial charge in [0, 0.05) is 19.3 Å². The van der Waals surface area contributed by atoms with Crippen molar-refractivity contribution in [3.05, 3.63) is 23.4 Å². The Kier molecular flexibility index (Phi) is 3.81. The molecule has 2 heterocycles. The van der Waals surface area contributed by atoms with Gasteiger partial charge in [-0.1, -0.05) is 0 Å². The van der Waals surface area contributed by atoms with Gasteiger partial charge in [0.25, 0.3) is 5.91 Å². The van der Waals surface area contributed by atoms with E-state index in [0.717, 1.165) is 43.9 Å². The highest BCUT2D eigenvalue weighted by atomic mass is 16.1. The van der Waals surface area contributed by atoms with Crippen molar-refractivity contribution in [1.29, 1.82) is 0 Å². The van der Waals surface area contributed by atoms with E-state index in [1.807, 2.05) is 13.0 Å². The minimum Gasteiger partial charge on any atom is -0.365 e. The van der Waals surface area contributed by atoms with Gasteiger partial charge in [0.05, 0.1) is 5.56 Å². The fourth-order valence-corrected chi connectivity index (χ4v) is 2.47. The zero-order valence-corrected chi connectivity index (χ0v) is 10.7. The molecule has 2 rings (SSSR count). The molecule has 1 aromatic rings. The first kappa shape index (κ1) is 12.8. The number of rotatable bonds is 3. The first-order valence-corrected chi connectivity index (χ1v) is 6.34. The van der Waals surface area contributed by atoms with Crippen LogP contribution in [0.25, 0.3) is 0 Å². The van der Waals surface area contributed by atoms with Crippen LogP contribution in [0.1, 0.15) is 28.8 Å². The van der Waals surface area contributed by atoms with Crippen molar-refractivity contribution in [3.63, 3.8) is 0 Å². The van der Waals surface area contributed by atoms with Gasteiger partial charge >= 0.3 is 0 Å². The van der Waals surface area contributed by atoms with Gasteiger partial charge < -0.3 is 16.4 Å². The zero-order valence-electron chi connectivity index (χ0n) is 10.7. The maximum atomic E-state index is 11.5. The van der Waals surface area contributed by atoms with Crippen LogP contribution in [0, 0.1) is 12.8 Å². The fraction of sp³-hybridized carbons (Fsp3) is 0.538. The molecule has 0 atom stereocenters. The Morgan fingerprint density at radius 1 is 1.50 bits per heavy atom. The molecule has 1 aliphatic heterocycles. The molecule has 0 saturated carbocycles. The maximum Gasteiger partial charge on any atom is 0.252 e. The lowest BCUT2D eigenvalue weighted by Gasteiger charge is -2.33. The Labute approximate surface area is 107 Å². The maximum absolute atomic E-state index is 11.5. The highest BCUT2D eigenvalue weighted by Gasteiger charge is 2.23. The van der Waals surface area contributed by atoms with Gasteiger partial charge in [-0.2, -0.15) is 0 Å². The molecule has 1 aliphatic rings.